The van der Waals surface area contributed by atoms with Gasteiger partial charge in [0.1, 0.15) is 17.0 Å². The molecular formula is C23H15N3O3. The van der Waals surface area contributed by atoms with Gasteiger partial charge in [0.2, 0.25) is 0 Å². The summed E-state index contributed by atoms with van der Waals surface area (Å²) >= 11 is 0. The van der Waals surface area contributed by atoms with Gasteiger partial charge in [-0.3, -0.25) is 4.79 Å². The molecule has 0 aliphatic rings. The molecule has 0 fully saturated rings. The van der Waals surface area contributed by atoms with Crippen molar-refractivity contribution in [3.05, 3.63) is 96.1 Å². The highest BCUT2D eigenvalue weighted by molar-refractivity contribution is 5.98. The van der Waals surface area contributed by atoms with Crippen LogP contribution in [-0.2, 0) is 0 Å². The second-order valence-electron chi connectivity index (χ2n) is 6.43. The van der Waals surface area contributed by atoms with E-state index in [4.69, 9.17) is 8.83 Å². The third-order valence-electron chi connectivity index (χ3n) is 4.50. The molecule has 3 aromatic heterocycles. The third kappa shape index (κ3) is 3.27. The lowest BCUT2D eigenvalue weighted by Gasteiger charge is -2.00. The highest BCUT2D eigenvalue weighted by Crippen LogP contribution is 2.25. The zero-order valence-corrected chi connectivity index (χ0v) is 15.2. The SMILES string of the molecule is O=C(c1cc2ccccc2o1)n1nncc1-c1ccc(/C=C/c2ccccc2)o1. The third-order valence-corrected chi connectivity index (χ3v) is 4.50. The van der Waals surface area contributed by atoms with Crippen molar-refractivity contribution in [1.82, 2.24) is 15.0 Å². The number of hydrogen-bond acceptors (Lipinski definition) is 5. The van der Waals surface area contributed by atoms with Gasteiger partial charge in [0.25, 0.3) is 0 Å². The summed E-state index contributed by atoms with van der Waals surface area (Å²) in [5, 5.41) is 8.65. The van der Waals surface area contributed by atoms with Crippen LogP contribution < -0.4 is 0 Å². The molecule has 5 aromatic rings. The van der Waals surface area contributed by atoms with Crippen LogP contribution in [0.4, 0.5) is 0 Å². The average molecular weight is 381 g/mol. The first-order valence-corrected chi connectivity index (χ1v) is 9.05. The Labute approximate surface area is 165 Å². The molecule has 0 saturated heterocycles. The van der Waals surface area contributed by atoms with Gasteiger partial charge in [-0.05, 0) is 35.9 Å². The Bertz CT molecular complexity index is 1290. The first-order chi connectivity index (χ1) is 14.3. The molecule has 0 radical (unpaired) electrons. The van der Waals surface area contributed by atoms with Crippen molar-refractivity contribution < 1.29 is 13.6 Å². The van der Waals surface area contributed by atoms with Gasteiger partial charge in [-0.1, -0.05) is 59.8 Å². The van der Waals surface area contributed by atoms with Crippen LogP contribution in [0.1, 0.15) is 21.9 Å². The zero-order chi connectivity index (χ0) is 19.6. The van der Waals surface area contributed by atoms with Crippen molar-refractivity contribution in [1.29, 1.82) is 0 Å². The molecule has 0 unspecified atom stereocenters. The number of carbonyl (C=O) groups is 1. The van der Waals surface area contributed by atoms with Gasteiger partial charge >= 0.3 is 5.91 Å². The van der Waals surface area contributed by atoms with E-state index in [1.807, 2.05) is 72.8 Å². The second kappa shape index (κ2) is 7.09. The molecular weight excluding hydrogens is 366 g/mol. The summed E-state index contributed by atoms with van der Waals surface area (Å²) in [7, 11) is 0. The summed E-state index contributed by atoms with van der Waals surface area (Å²) in [5.74, 6) is 0.931. The smallest absolute Gasteiger partial charge is 0.315 e. The maximum absolute atomic E-state index is 12.9. The standard InChI is InChI=1S/C23H15N3O3/c27-23(22-14-17-8-4-5-9-20(17)29-22)26-19(15-24-25-26)21-13-12-18(28-21)11-10-16-6-2-1-3-7-16/h1-15H/b11-10+. The normalized spacial score (nSPS) is 11.4. The van der Waals surface area contributed by atoms with Crippen LogP contribution in [0.15, 0.2) is 87.8 Å². The molecule has 6 heteroatoms. The number of furan rings is 2. The lowest BCUT2D eigenvalue weighted by Crippen LogP contribution is -2.14. The minimum Gasteiger partial charge on any atom is -0.455 e. The highest BCUT2D eigenvalue weighted by Gasteiger charge is 2.21. The predicted octanol–water partition coefficient (Wildman–Crippen LogP) is 5.14. The van der Waals surface area contributed by atoms with Gasteiger partial charge in [-0.15, -0.1) is 5.10 Å². The van der Waals surface area contributed by atoms with Crippen molar-refractivity contribution in [2.75, 3.05) is 0 Å². The lowest BCUT2D eigenvalue weighted by molar-refractivity contribution is 0.0918. The minimum absolute atomic E-state index is 0.189. The number of benzene rings is 2. The van der Waals surface area contributed by atoms with Crippen molar-refractivity contribution in [2.24, 2.45) is 0 Å². The van der Waals surface area contributed by atoms with E-state index in [1.165, 1.54) is 10.9 Å². The van der Waals surface area contributed by atoms with E-state index in [-0.39, 0.29) is 5.76 Å². The topological polar surface area (TPSA) is 74.1 Å². The van der Waals surface area contributed by atoms with Crippen LogP contribution in [-0.4, -0.2) is 20.9 Å². The maximum atomic E-state index is 12.9. The first kappa shape index (κ1) is 16.9. The Balaban J connectivity index is 1.44. The molecule has 0 amide bonds. The molecule has 0 bridgehead atoms. The molecule has 6 nitrogen and oxygen atoms in total. The Morgan fingerprint density at radius 2 is 1.72 bits per heavy atom. The fourth-order valence-electron chi connectivity index (χ4n) is 3.07. The number of para-hydroxylation sites is 1. The van der Waals surface area contributed by atoms with Gasteiger partial charge in [0.15, 0.2) is 11.5 Å². The Morgan fingerprint density at radius 3 is 2.59 bits per heavy atom. The zero-order valence-electron chi connectivity index (χ0n) is 15.2. The van der Waals surface area contributed by atoms with Crippen LogP contribution in [0.25, 0.3) is 34.6 Å². The van der Waals surface area contributed by atoms with Gasteiger partial charge in [-0.25, -0.2) is 0 Å². The number of nitrogens with zero attached hydrogens (tertiary/aromatic N) is 3. The second-order valence-corrected chi connectivity index (χ2v) is 6.43. The Morgan fingerprint density at radius 1 is 0.897 bits per heavy atom. The minimum atomic E-state index is -0.411. The molecule has 0 N–H and O–H groups in total. The molecule has 0 atom stereocenters. The average Bonchev–Trinajstić information content (AvgIpc) is 3.51. The molecule has 3 heterocycles. The van der Waals surface area contributed by atoms with Gasteiger partial charge < -0.3 is 8.83 Å². The number of rotatable bonds is 4. The highest BCUT2D eigenvalue weighted by atomic mass is 16.4. The molecule has 0 aliphatic carbocycles. The van der Waals surface area contributed by atoms with Crippen molar-refractivity contribution in [3.8, 4) is 11.5 Å². The van der Waals surface area contributed by atoms with Crippen molar-refractivity contribution in [3.63, 3.8) is 0 Å². The summed E-state index contributed by atoms with van der Waals surface area (Å²) in [6.07, 6.45) is 5.32. The molecule has 2 aromatic carbocycles. The fraction of sp³-hybridized carbons (Fsp3) is 0. The largest absolute Gasteiger partial charge is 0.455 e. The van der Waals surface area contributed by atoms with Gasteiger partial charge in [-0.2, -0.15) is 4.68 Å². The lowest BCUT2D eigenvalue weighted by atomic mass is 10.2. The van der Waals surface area contributed by atoms with Gasteiger partial charge in [0, 0.05) is 5.39 Å². The summed E-state index contributed by atoms with van der Waals surface area (Å²) in [5.41, 5.74) is 2.16. The monoisotopic (exact) mass is 381 g/mol. The quantitative estimate of drug-likeness (QED) is 0.431. The van der Waals surface area contributed by atoms with E-state index in [9.17, 15) is 4.79 Å². The van der Waals surface area contributed by atoms with Crippen molar-refractivity contribution >= 4 is 29.0 Å². The summed E-state index contributed by atoms with van der Waals surface area (Å²) in [6.45, 7) is 0. The Hall–Kier alpha value is -4.19. The number of fused-ring (bicyclic) bond motifs is 1. The van der Waals surface area contributed by atoms with E-state index in [0.717, 1.165) is 10.9 Å². The molecule has 0 saturated carbocycles. The number of hydrogen-bond donors (Lipinski definition) is 0. The summed E-state index contributed by atoms with van der Waals surface area (Å²) < 4.78 is 12.7. The van der Waals surface area contributed by atoms with Crippen LogP contribution >= 0.6 is 0 Å². The van der Waals surface area contributed by atoms with E-state index >= 15 is 0 Å². The maximum Gasteiger partial charge on any atom is 0.315 e. The predicted molar refractivity (Wildman–Crippen MR) is 109 cm³/mol. The first-order valence-electron chi connectivity index (χ1n) is 9.05. The van der Waals surface area contributed by atoms with Crippen LogP contribution in [0.5, 0.6) is 0 Å². The molecule has 5 rings (SSSR count). The Kier molecular flexibility index (Phi) is 4.14. The summed E-state index contributed by atoms with van der Waals surface area (Å²) in [6, 6.07) is 22.7. The fourth-order valence-corrected chi connectivity index (χ4v) is 3.07. The molecule has 0 aliphatic heterocycles. The number of aromatic nitrogens is 3. The van der Waals surface area contributed by atoms with Crippen molar-refractivity contribution in [2.45, 2.75) is 0 Å². The van der Waals surface area contributed by atoms with E-state index in [2.05, 4.69) is 10.3 Å². The van der Waals surface area contributed by atoms with Crippen LogP contribution in [0.2, 0.25) is 0 Å². The van der Waals surface area contributed by atoms with E-state index < -0.39 is 5.91 Å². The van der Waals surface area contributed by atoms with E-state index in [0.29, 0.717) is 22.8 Å². The molecule has 29 heavy (non-hydrogen) atoms. The van der Waals surface area contributed by atoms with Crippen LogP contribution in [0, 0.1) is 0 Å². The molecule has 0 spiro atoms. The molecule has 140 valence electrons. The van der Waals surface area contributed by atoms with Gasteiger partial charge in [0.05, 0.1) is 6.20 Å². The number of carbonyl (C=O) groups excluding carboxylic acids is 1. The van der Waals surface area contributed by atoms with Crippen LogP contribution in [0.3, 0.4) is 0 Å². The van der Waals surface area contributed by atoms with E-state index in [1.54, 1.807) is 12.1 Å². The summed E-state index contributed by atoms with van der Waals surface area (Å²) in [4.78, 5) is 12.9.